The van der Waals surface area contributed by atoms with Crippen molar-refractivity contribution in [1.29, 1.82) is 0 Å². The Labute approximate surface area is 169 Å². The minimum absolute atomic E-state index is 0.634. The van der Waals surface area contributed by atoms with Gasteiger partial charge in [0.15, 0.2) is 5.13 Å². The smallest absolute Gasteiger partial charge is 0.212 e. The van der Waals surface area contributed by atoms with Crippen molar-refractivity contribution in [3.63, 3.8) is 0 Å². The van der Waals surface area contributed by atoms with Crippen LogP contribution < -0.4 is 10.2 Å². The molecule has 1 N–H and O–H groups in total. The van der Waals surface area contributed by atoms with Crippen molar-refractivity contribution in [2.24, 2.45) is 0 Å². The Balaban J connectivity index is 0.00000126. The van der Waals surface area contributed by atoms with E-state index in [9.17, 15) is 4.79 Å². The molecule has 0 atom stereocenters. The fourth-order valence-corrected chi connectivity index (χ4v) is 3.46. The van der Waals surface area contributed by atoms with Gasteiger partial charge >= 0.3 is 0 Å². The first-order chi connectivity index (χ1) is 13.3. The zero-order valence-electron chi connectivity index (χ0n) is 15.5. The Hall–Kier alpha value is -2.38. The second-order valence-corrected chi connectivity index (χ2v) is 6.86. The van der Waals surface area contributed by atoms with Crippen molar-refractivity contribution in [3.05, 3.63) is 70.9 Å². The lowest BCUT2D eigenvalue weighted by molar-refractivity contribution is -0.105. The summed E-state index contributed by atoms with van der Waals surface area (Å²) in [7, 11) is 0. The number of nitrogens with zero attached hydrogens (tertiary/aromatic N) is 3. The number of amides is 1. The van der Waals surface area contributed by atoms with Crippen LogP contribution in [0.15, 0.2) is 54.9 Å². The Morgan fingerprint density at radius 2 is 1.89 bits per heavy atom. The number of aromatic nitrogens is 2. The third-order valence-electron chi connectivity index (χ3n) is 3.86. The number of hydrogen-bond donors (Lipinski definition) is 2. The van der Waals surface area contributed by atoms with E-state index in [0.717, 1.165) is 29.5 Å². The minimum atomic E-state index is 0.634. The molecule has 0 fully saturated rings. The number of anilines is 2. The lowest BCUT2D eigenvalue weighted by atomic mass is 10.2. The van der Waals surface area contributed by atoms with Crippen molar-refractivity contribution >= 4 is 41.3 Å². The molecule has 7 heteroatoms. The summed E-state index contributed by atoms with van der Waals surface area (Å²) in [6, 6.07) is 14.4. The molecule has 0 aliphatic rings. The first-order valence-electron chi connectivity index (χ1n) is 8.56. The van der Waals surface area contributed by atoms with Crippen molar-refractivity contribution in [2.75, 3.05) is 23.0 Å². The van der Waals surface area contributed by atoms with Gasteiger partial charge in [0.1, 0.15) is 5.82 Å². The van der Waals surface area contributed by atoms with Gasteiger partial charge in [-0.2, -0.15) is 12.6 Å². The van der Waals surface area contributed by atoms with Crippen molar-refractivity contribution in [2.45, 2.75) is 19.9 Å². The van der Waals surface area contributed by atoms with Gasteiger partial charge in [-0.15, -0.1) is 0 Å². The lowest BCUT2D eigenvalue weighted by Gasteiger charge is -2.22. The molecule has 0 radical (unpaired) electrons. The second kappa shape index (κ2) is 11.4. The molecule has 3 rings (SSSR count). The molecule has 3 aromatic rings. The summed E-state index contributed by atoms with van der Waals surface area (Å²) in [5, 5.41) is 3.58. The zero-order valence-corrected chi connectivity index (χ0v) is 17.2. The number of rotatable bonds is 8. The Kier molecular flexibility index (Phi) is 8.80. The van der Waals surface area contributed by atoms with Crippen molar-refractivity contribution < 1.29 is 4.79 Å². The van der Waals surface area contributed by atoms with Gasteiger partial charge in [0, 0.05) is 30.4 Å². The second-order valence-electron chi connectivity index (χ2n) is 5.68. The topological polar surface area (TPSA) is 58.1 Å². The summed E-state index contributed by atoms with van der Waals surface area (Å²) in [4.78, 5) is 22.8. The molecule has 0 aliphatic carbocycles. The molecule has 0 saturated heterocycles. The number of aryl methyl sites for hydroxylation is 1. The first-order valence-corrected chi connectivity index (χ1v) is 10.3. The number of carbonyl (C=O) groups is 1. The maximum Gasteiger partial charge on any atom is 0.212 e. The van der Waals surface area contributed by atoms with E-state index in [-0.39, 0.29) is 0 Å². The standard InChI is InChI=1S/C19H20N4OS.CH4S/c1-15-18(21-14-24)22-19(25-15)23(13-17-6-3-2-4-7-17)11-9-16-8-5-10-20-12-16;1-2/h2-8,10,12,14H,9,11,13H2,1H3,(H,21,24);2H,1H3. The van der Waals surface area contributed by atoms with Crippen LogP contribution in [0.2, 0.25) is 0 Å². The van der Waals surface area contributed by atoms with Gasteiger partial charge < -0.3 is 10.2 Å². The molecular weight excluding hydrogens is 376 g/mol. The summed E-state index contributed by atoms with van der Waals surface area (Å²) in [5.41, 5.74) is 2.42. The number of thiazole rings is 1. The predicted octanol–water partition coefficient (Wildman–Crippen LogP) is 4.21. The Morgan fingerprint density at radius 3 is 2.56 bits per heavy atom. The summed E-state index contributed by atoms with van der Waals surface area (Å²) < 4.78 is 0. The van der Waals surface area contributed by atoms with Crippen LogP contribution in [0, 0.1) is 6.92 Å². The van der Waals surface area contributed by atoms with Crippen LogP contribution in [0.4, 0.5) is 10.9 Å². The Bertz CT molecular complexity index is 809. The van der Waals surface area contributed by atoms with Crippen LogP contribution in [0.3, 0.4) is 0 Å². The van der Waals surface area contributed by atoms with E-state index >= 15 is 0 Å². The van der Waals surface area contributed by atoms with Crippen LogP contribution in [0.5, 0.6) is 0 Å². The summed E-state index contributed by atoms with van der Waals surface area (Å²) in [6.07, 6.45) is 6.93. The fourth-order valence-electron chi connectivity index (χ4n) is 2.56. The third kappa shape index (κ3) is 6.37. The number of benzene rings is 1. The highest BCUT2D eigenvalue weighted by Gasteiger charge is 2.15. The highest BCUT2D eigenvalue weighted by atomic mass is 32.1. The first kappa shape index (κ1) is 20.9. The average molecular weight is 401 g/mol. The molecule has 0 bridgehead atoms. The molecule has 0 spiro atoms. The van der Waals surface area contributed by atoms with Gasteiger partial charge in [0.25, 0.3) is 0 Å². The van der Waals surface area contributed by atoms with Gasteiger partial charge in [-0.05, 0) is 36.8 Å². The van der Waals surface area contributed by atoms with Crippen molar-refractivity contribution in [3.8, 4) is 0 Å². The third-order valence-corrected chi connectivity index (χ3v) is 4.89. The maximum atomic E-state index is 10.7. The van der Waals surface area contributed by atoms with Gasteiger partial charge in [-0.25, -0.2) is 4.98 Å². The predicted molar refractivity (Wildman–Crippen MR) is 117 cm³/mol. The SMILES string of the molecule is CS.Cc1sc(N(CCc2cccnc2)Cc2ccccc2)nc1NC=O. The molecule has 1 amide bonds. The highest BCUT2D eigenvalue weighted by molar-refractivity contribution is 7.79. The largest absolute Gasteiger partial charge is 0.343 e. The molecule has 0 saturated carbocycles. The summed E-state index contributed by atoms with van der Waals surface area (Å²) in [6.45, 7) is 3.57. The molecule has 0 aliphatic heterocycles. The van der Waals surface area contributed by atoms with E-state index in [2.05, 4.69) is 51.0 Å². The minimum Gasteiger partial charge on any atom is -0.343 e. The van der Waals surface area contributed by atoms with Gasteiger partial charge in [0.05, 0.1) is 0 Å². The quantitative estimate of drug-likeness (QED) is 0.439. The monoisotopic (exact) mass is 400 g/mol. The molecule has 5 nitrogen and oxygen atoms in total. The summed E-state index contributed by atoms with van der Waals surface area (Å²) in [5.74, 6) is 0.634. The van der Waals surface area contributed by atoms with Gasteiger partial charge in [-0.3, -0.25) is 9.78 Å². The van der Waals surface area contributed by atoms with Crippen LogP contribution in [-0.2, 0) is 17.8 Å². The Morgan fingerprint density at radius 1 is 1.15 bits per heavy atom. The normalized spacial score (nSPS) is 9.89. The number of carbonyl (C=O) groups excluding carboxylic acids is 1. The molecule has 2 aromatic heterocycles. The maximum absolute atomic E-state index is 10.7. The van der Waals surface area contributed by atoms with E-state index in [0.29, 0.717) is 12.2 Å². The van der Waals surface area contributed by atoms with Gasteiger partial charge in [0.2, 0.25) is 6.41 Å². The molecular formula is C20H24N4OS2. The van der Waals surface area contributed by atoms with E-state index in [4.69, 9.17) is 0 Å². The van der Waals surface area contributed by atoms with Crippen LogP contribution in [0.1, 0.15) is 16.0 Å². The number of nitrogens with one attached hydrogen (secondary N) is 1. The van der Waals surface area contributed by atoms with E-state index in [1.807, 2.05) is 37.4 Å². The van der Waals surface area contributed by atoms with E-state index in [1.54, 1.807) is 23.8 Å². The lowest BCUT2D eigenvalue weighted by Crippen LogP contribution is -2.25. The van der Waals surface area contributed by atoms with Crippen LogP contribution >= 0.6 is 24.0 Å². The molecule has 27 heavy (non-hydrogen) atoms. The molecule has 2 heterocycles. The van der Waals surface area contributed by atoms with Crippen molar-refractivity contribution in [1.82, 2.24) is 9.97 Å². The highest BCUT2D eigenvalue weighted by Crippen LogP contribution is 2.30. The molecule has 1 aromatic carbocycles. The zero-order chi connectivity index (χ0) is 19.5. The number of pyridine rings is 1. The van der Waals surface area contributed by atoms with E-state index in [1.165, 1.54) is 11.1 Å². The molecule has 142 valence electrons. The summed E-state index contributed by atoms with van der Waals surface area (Å²) >= 11 is 5.12. The average Bonchev–Trinajstić information content (AvgIpc) is 3.09. The number of thiol groups is 1. The fraction of sp³-hybridized carbons (Fsp3) is 0.250. The molecule has 0 unspecified atom stereocenters. The van der Waals surface area contributed by atoms with Gasteiger partial charge in [-0.1, -0.05) is 47.7 Å². The van der Waals surface area contributed by atoms with Crippen LogP contribution in [-0.4, -0.2) is 29.2 Å². The number of hydrogen-bond acceptors (Lipinski definition) is 6. The van der Waals surface area contributed by atoms with Crippen LogP contribution in [0.25, 0.3) is 0 Å². The van der Waals surface area contributed by atoms with E-state index < -0.39 is 0 Å².